The van der Waals surface area contributed by atoms with Gasteiger partial charge in [0.25, 0.3) is 0 Å². The molecule has 5 heteroatoms. The third kappa shape index (κ3) is 2.67. The van der Waals surface area contributed by atoms with E-state index in [4.69, 9.17) is 0 Å². The molecule has 0 aromatic heterocycles. The average molecular weight is 315 g/mol. The van der Waals surface area contributed by atoms with Crippen molar-refractivity contribution < 1.29 is 18.0 Å². The van der Waals surface area contributed by atoms with Crippen LogP contribution in [-0.4, -0.2) is 29.1 Å². The number of halogens is 3. The van der Waals surface area contributed by atoms with E-state index >= 15 is 0 Å². The molecule has 1 aliphatic carbocycles. The highest BCUT2D eigenvalue weighted by Gasteiger charge is 2.52. The van der Waals surface area contributed by atoms with Crippen LogP contribution in [0.5, 0.6) is 0 Å². The highest BCUT2D eigenvalue weighted by molar-refractivity contribution is 5.81. The van der Waals surface area contributed by atoms with Crippen molar-refractivity contribution in [3.8, 4) is 0 Å². The molecule has 22 heavy (non-hydrogen) atoms. The molecule has 0 N–H and O–H groups in total. The number of fused-ring (bicyclic) bond motifs is 2. The Labute approximate surface area is 129 Å². The molecule has 2 atom stereocenters. The minimum absolute atomic E-state index is 0.0197. The molecule has 2 bridgehead atoms. The lowest BCUT2D eigenvalue weighted by molar-refractivity contribution is -0.206. The van der Waals surface area contributed by atoms with Gasteiger partial charge in [0.05, 0.1) is 12.0 Å². The minimum Gasteiger partial charge on any atom is -0.333 e. The molecule has 124 valence electrons. The molecule has 0 aromatic carbocycles. The normalized spacial score (nSPS) is 35.2. The number of hydrogen-bond acceptors (Lipinski definition) is 1. The van der Waals surface area contributed by atoms with E-state index in [9.17, 15) is 18.0 Å². The van der Waals surface area contributed by atoms with Gasteiger partial charge in [-0.05, 0) is 37.5 Å². The molecule has 2 fully saturated rings. The van der Waals surface area contributed by atoms with Gasteiger partial charge in [-0.25, -0.2) is 0 Å². The highest BCUT2D eigenvalue weighted by atomic mass is 19.4. The molecule has 2 unspecified atom stereocenters. The van der Waals surface area contributed by atoms with Gasteiger partial charge in [-0.1, -0.05) is 32.4 Å². The van der Waals surface area contributed by atoms with Crippen LogP contribution < -0.4 is 0 Å². The zero-order valence-corrected chi connectivity index (χ0v) is 13.4. The molecule has 0 radical (unpaired) electrons. The maximum atomic E-state index is 12.6. The summed E-state index contributed by atoms with van der Waals surface area (Å²) >= 11 is 0. The van der Waals surface area contributed by atoms with Crippen LogP contribution in [0.1, 0.15) is 52.9 Å². The number of alkyl halides is 3. The third-order valence-electron chi connectivity index (χ3n) is 5.56. The molecule has 2 aliphatic heterocycles. The van der Waals surface area contributed by atoms with Crippen LogP contribution in [0.4, 0.5) is 13.2 Å². The second-order valence-corrected chi connectivity index (χ2v) is 8.10. The lowest BCUT2D eigenvalue weighted by atomic mass is 9.73. The number of carbonyl (C=O) groups excluding carboxylic acids is 1. The van der Waals surface area contributed by atoms with Crippen molar-refractivity contribution in [3.63, 3.8) is 0 Å². The summed E-state index contributed by atoms with van der Waals surface area (Å²) in [5.74, 6) is -1.74. The summed E-state index contributed by atoms with van der Waals surface area (Å²) in [5.41, 5.74) is 1.49. The first-order valence-electron chi connectivity index (χ1n) is 8.17. The average Bonchev–Trinajstić information content (AvgIpc) is 2.54. The number of nitrogens with zero attached hydrogens (tertiary/aromatic N) is 1. The van der Waals surface area contributed by atoms with Gasteiger partial charge in [-0.2, -0.15) is 13.2 Å². The summed E-state index contributed by atoms with van der Waals surface area (Å²) in [6.07, 6.45) is 0.814. The van der Waals surface area contributed by atoms with Gasteiger partial charge in [-0.3, -0.25) is 4.79 Å². The summed E-state index contributed by atoms with van der Waals surface area (Å²) in [7, 11) is 0. The first-order chi connectivity index (χ1) is 10.1. The molecule has 0 spiro atoms. The zero-order valence-electron chi connectivity index (χ0n) is 13.4. The second-order valence-electron chi connectivity index (χ2n) is 8.10. The second kappa shape index (κ2) is 5.00. The smallest absolute Gasteiger partial charge is 0.333 e. The Morgan fingerprint density at radius 2 is 1.82 bits per heavy atom. The Morgan fingerprint density at radius 1 is 1.18 bits per heavy atom. The molecular weight excluding hydrogens is 291 g/mol. The summed E-state index contributed by atoms with van der Waals surface area (Å²) in [6.45, 7) is 6.53. The van der Waals surface area contributed by atoms with Crippen LogP contribution in [0.15, 0.2) is 11.6 Å². The van der Waals surface area contributed by atoms with Crippen LogP contribution in [0.2, 0.25) is 0 Å². The van der Waals surface area contributed by atoms with E-state index in [0.717, 1.165) is 19.3 Å². The Bertz CT molecular complexity index is 497. The van der Waals surface area contributed by atoms with Gasteiger partial charge in [0.15, 0.2) is 0 Å². The molecule has 3 rings (SSSR count). The van der Waals surface area contributed by atoms with Crippen LogP contribution in [0, 0.1) is 17.3 Å². The predicted molar refractivity (Wildman–Crippen MR) is 78.1 cm³/mol. The SMILES string of the molecule is CC(C)(C)C1=CC2CCC(C1)N2C(=O)C1CC(C(F)(F)F)C1. The van der Waals surface area contributed by atoms with Crippen molar-refractivity contribution in [1.82, 2.24) is 4.90 Å². The van der Waals surface area contributed by atoms with E-state index in [-0.39, 0.29) is 36.2 Å². The van der Waals surface area contributed by atoms with Crippen molar-refractivity contribution in [3.05, 3.63) is 11.6 Å². The zero-order chi connectivity index (χ0) is 16.3. The molecule has 2 heterocycles. The van der Waals surface area contributed by atoms with Crippen LogP contribution in [-0.2, 0) is 4.79 Å². The highest BCUT2D eigenvalue weighted by Crippen LogP contribution is 2.48. The van der Waals surface area contributed by atoms with Gasteiger partial charge < -0.3 is 4.90 Å². The Morgan fingerprint density at radius 3 is 2.32 bits per heavy atom. The van der Waals surface area contributed by atoms with E-state index in [1.165, 1.54) is 5.57 Å². The summed E-state index contributed by atoms with van der Waals surface area (Å²) in [4.78, 5) is 14.5. The molecule has 3 aliphatic rings. The molecule has 2 nitrogen and oxygen atoms in total. The third-order valence-corrected chi connectivity index (χ3v) is 5.56. The molecule has 1 amide bonds. The van der Waals surface area contributed by atoms with Gasteiger partial charge in [0.1, 0.15) is 0 Å². The number of hydrogen-bond donors (Lipinski definition) is 0. The van der Waals surface area contributed by atoms with Crippen LogP contribution >= 0.6 is 0 Å². The van der Waals surface area contributed by atoms with Crippen molar-refractivity contribution in [2.75, 3.05) is 0 Å². The Kier molecular flexibility index (Phi) is 3.61. The molecular formula is C17H24F3NO. The predicted octanol–water partition coefficient (Wildman–Crippen LogP) is 4.31. The van der Waals surface area contributed by atoms with Crippen LogP contribution in [0.25, 0.3) is 0 Å². The fraction of sp³-hybridized carbons (Fsp3) is 0.824. The van der Waals surface area contributed by atoms with E-state index < -0.39 is 18.0 Å². The lowest BCUT2D eigenvalue weighted by Crippen LogP contribution is -2.51. The molecule has 0 aromatic rings. The first kappa shape index (κ1) is 15.9. The van der Waals surface area contributed by atoms with E-state index in [1.807, 2.05) is 4.90 Å². The van der Waals surface area contributed by atoms with E-state index in [1.54, 1.807) is 0 Å². The number of carbonyl (C=O) groups is 1. The number of rotatable bonds is 1. The first-order valence-corrected chi connectivity index (χ1v) is 8.17. The fourth-order valence-corrected chi connectivity index (χ4v) is 4.03. The van der Waals surface area contributed by atoms with E-state index in [0.29, 0.717) is 0 Å². The Hall–Kier alpha value is -1.00. The summed E-state index contributed by atoms with van der Waals surface area (Å²) < 4.78 is 37.8. The fourth-order valence-electron chi connectivity index (χ4n) is 4.03. The van der Waals surface area contributed by atoms with Gasteiger partial charge in [0, 0.05) is 12.0 Å². The molecule has 1 saturated heterocycles. The maximum Gasteiger partial charge on any atom is 0.391 e. The van der Waals surface area contributed by atoms with E-state index in [2.05, 4.69) is 26.8 Å². The topological polar surface area (TPSA) is 20.3 Å². The van der Waals surface area contributed by atoms with Gasteiger partial charge >= 0.3 is 6.18 Å². The van der Waals surface area contributed by atoms with Gasteiger partial charge in [0.2, 0.25) is 5.91 Å². The van der Waals surface area contributed by atoms with Crippen molar-refractivity contribution in [1.29, 1.82) is 0 Å². The minimum atomic E-state index is -4.14. The van der Waals surface area contributed by atoms with Crippen molar-refractivity contribution in [2.45, 2.75) is 71.1 Å². The van der Waals surface area contributed by atoms with Crippen molar-refractivity contribution >= 4 is 5.91 Å². The number of amides is 1. The van der Waals surface area contributed by atoms with Crippen molar-refractivity contribution in [2.24, 2.45) is 17.3 Å². The summed E-state index contributed by atoms with van der Waals surface area (Å²) in [5, 5.41) is 0. The quantitative estimate of drug-likeness (QED) is 0.660. The maximum absolute atomic E-state index is 12.6. The van der Waals surface area contributed by atoms with Crippen LogP contribution in [0.3, 0.4) is 0 Å². The van der Waals surface area contributed by atoms with Gasteiger partial charge in [-0.15, -0.1) is 0 Å². The monoisotopic (exact) mass is 315 g/mol. The lowest BCUT2D eigenvalue weighted by Gasteiger charge is -2.43. The Balaban J connectivity index is 1.68. The summed E-state index contributed by atoms with van der Waals surface area (Å²) in [6, 6.07) is 0.298. The largest absolute Gasteiger partial charge is 0.391 e. The standard InChI is InChI=1S/C17H24F3NO/c1-16(2,3)11-8-13-4-5-14(9-11)21(13)15(22)10-6-12(7-10)17(18,19)20/h8,10,12-14H,4-7,9H2,1-3H3. The molecule has 1 saturated carbocycles.